The maximum Gasteiger partial charge on any atom is 0.243 e. The molecule has 6 heteroatoms. The fourth-order valence-electron chi connectivity index (χ4n) is 3.00. The van der Waals surface area contributed by atoms with Gasteiger partial charge in [-0.25, -0.2) is 12.7 Å². The Hall–Kier alpha value is -2.31. The van der Waals surface area contributed by atoms with Crippen molar-refractivity contribution in [2.75, 3.05) is 13.6 Å². The van der Waals surface area contributed by atoms with Crippen molar-refractivity contribution in [2.45, 2.75) is 24.7 Å². The predicted octanol–water partition coefficient (Wildman–Crippen LogP) is 2.88. The van der Waals surface area contributed by atoms with E-state index in [2.05, 4.69) is 0 Å². The number of nitrogens with zero attached hydrogens (tertiary/aromatic N) is 1. The Morgan fingerprint density at radius 1 is 0.880 bits per heavy atom. The van der Waals surface area contributed by atoms with E-state index in [-0.39, 0.29) is 27.4 Å². The molecule has 130 valence electrons. The molecule has 0 N–H and O–H groups in total. The average Bonchev–Trinajstić information content (AvgIpc) is 2.63. The van der Waals surface area contributed by atoms with Crippen LogP contribution in [0.4, 0.5) is 0 Å². The Labute approximate surface area is 147 Å². The van der Waals surface area contributed by atoms with Gasteiger partial charge in [0.15, 0.2) is 11.6 Å². The van der Waals surface area contributed by atoms with Gasteiger partial charge in [-0.1, -0.05) is 49.7 Å². The highest BCUT2D eigenvalue weighted by Crippen LogP contribution is 2.32. The van der Waals surface area contributed by atoms with E-state index in [1.165, 1.54) is 29.6 Å². The highest BCUT2D eigenvalue weighted by Gasteiger charge is 2.35. The van der Waals surface area contributed by atoms with Crippen molar-refractivity contribution in [3.8, 4) is 0 Å². The zero-order chi connectivity index (χ0) is 18.2. The molecular weight excluding hydrogens is 338 g/mol. The quantitative estimate of drug-likeness (QED) is 0.704. The summed E-state index contributed by atoms with van der Waals surface area (Å²) in [5.41, 5.74) is 0.691. The van der Waals surface area contributed by atoms with E-state index in [1.54, 1.807) is 24.3 Å². The topological polar surface area (TPSA) is 71.5 Å². The molecule has 0 amide bonds. The van der Waals surface area contributed by atoms with Crippen molar-refractivity contribution in [1.29, 1.82) is 0 Å². The second-order valence-electron chi connectivity index (χ2n) is 6.06. The molecule has 0 saturated carbocycles. The first-order chi connectivity index (χ1) is 11.9. The molecule has 25 heavy (non-hydrogen) atoms. The maximum atomic E-state index is 12.9. The monoisotopic (exact) mass is 357 g/mol. The first-order valence-corrected chi connectivity index (χ1v) is 9.61. The molecule has 0 atom stereocenters. The molecule has 5 nitrogen and oxygen atoms in total. The highest BCUT2D eigenvalue weighted by molar-refractivity contribution is 7.89. The molecular formula is C19H19NO4S. The summed E-state index contributed by atoms with van der Waals surface area (Å²) in [5.74, 6) is -0.744. The minimum Gasteiger partial charge on any atom is -0.289 e. The second-order valence-corrected chi connectivity index (χ2v) is 8.08. The maximum absolute atomic E-state index is 12.9. The van der Waals surface area contributed by atoms with Gasteiger partial charge in [-0.3, -0.25) is 9.59 Å². The second kappa shape index (κ2) is 6.54. The van der Waals surface area contributed by atoms with Gasteiger partial charge in [0.05, 0.1) is 10.5 Å². The molecule has 0 aliphatic heterocycles. The molecule has 0 saturated heterocycles. The van der Waals surface area contributed by atoms with E-state index in [1.807, 2.05) is 6.92 Å². The van der Waals surface area contributed by atoms with Gasteiger partial charge in [0.1, 0.15) is 0 Å². The van der Waals surface area contributed by atoms with Crippen LogP contribution < -0.4 is 0 Å². The van der Waals surface area contributed by atoms with Crippen LogP contribution in [0, 0.1) is 0 Å². The van der Waals surface area contributed by atoms with Crippen LogP contribution in [0.3, 0.4) is 0 Å². The number of sulfonamides is 1. The van der Waals surface area contributed by atoms with Crippen molar-refractivity contribution < 1.29 is 18.0 Å². The van der Waals surface area contributed by atoms with Gasteiger partial charge in [0.2, 0.25) is 10.0 Å². The van der Waals surface area contributed by atoms with E-state index in [9.17, 15) is 18.0 Å². The third-order valence-corrected chi connectivity index (χ3v) is 6.33. The summed E-state index contributed by atoms with van der Waals surface area (Å²) in [6.45, 7) is 2.34. The van der Waals surface area contributed by atoms with Crippen LogP contribution in [0.15, 0.2) is 47.4 Å². The summed E-state index contributed by atoms with van der Waals surface area (Å²) in [7, 11) is -2.36. The number of unbranched alkanes of at least 4 members (excludes halogenated alkanes) is 1. The molecule has 0 unspecified atom stereocenters. The van der Waals surface area contributed by atoms with Gasteiger partial charge >= 0.3 is 0 Å². The van der Waals surface area contributed by atoms with Crippen LogP contribution in [0.25, 0.3) is 0 Å². The fraction of sp³-hybridized carbons (Fsp3) is 0.263. The first-order valence-electron chi connectivity index (χ1n) is 8.17. The van der Waals surface area contributed by atoms with Crippen LogP contribution in [0.2, 0.25) is 0 Å². The third-order valence-electron chi connectivity index (χ3n) is 4.43. The Morgan fingerprint density at radius 2 is 1.48 bits per heavy atom. The number of hydrogen-bond acceptors (Lipinski definition) is 4. The van der Waals surface area contributed by atoms with Gasteiger partial charge < -0.3 is 0 Å². The molecule has 1 aliphatic rings. The molecule has 0 heterocycles. The lowest BCUT2D eigenvalue weighted by Crippen LogP contribution is -2.31. The molecule has 2 aromatic rings. The van der Waals surface area contributed by atoms with Crippen molar-refractivity contribution in [2.24, 2.45) is 0 Å². The average molecular weight is 357 g/mol. The minimum atomic E-state index is -3.85. The van der Waals surface area contributed by atoms with Crippen LogP contribution >= 0.6 is 0 Å². The lowest BCUT2D eigenvalue weighted by Gasteiger charge is -2.23. The highest BCUT2D eigenvalue weighted by atomic mass is 32.2. The smallest absolute Gasteiger partial charge is 0.243 e. The van der Waals surface area contributed by atoms with Crippen molar-refractivity contribution >= 4 is 21.6 Å². The lowest BCUT2D eigenvalue weighted by atomic mass is 9.84. The fourth-order valence-corrected chi connectivity index (χ4v) is 4.41. The first kappa shape index (κ1) is 17.5. The molecule has 0 spiro atoms. The van der Waals surface area contributed by atoms with Crippen molar-refractivity contribution in [1.82, 2.24) is 4.31 Å². The summed E-state index contributed by atoms with van der Waals surface area (Å²) < 4.78 is 27.1. The largest absolute Gasteiger partial charge is 0.289 e. The summed E-state index contributed by atoms with van der Waals surface area (Å²) >= 11 is 0. The van der Waals surface area contributed by atoms with Crippen LogP contribution in [-0.2, 0) is 10.0 Å². The number of carbonyl (C=O) groups excluding carboxylic acids is 2. The number of ketones is 2. The van der Waals surface area contributed by atoms with E-state index < -0.39 is 15.8 Å². The number of carbonyl (C=O) groups is 2. The van der Waals surface area contributed by atoms with Gasteiger partial charge in [-0.15, -0.1) is 0 Å². The SMILES string of the molecule is CCCCN(C)S(=O)(=O)c1cccc2c1C(=O)c1ccccc1C2=O. The zero-order valence-electron chi connectivity index (χ0n) is 14.2. The summed E-state index contributed by atoms with van der Waals surface area (Å²) in [4.78, 5) is 25.5. The number of fused-ring (bicyclic) bond motifs is 2. The Balaban J connectivity index is 2.18. The Bertz CT molecular complexity index is 963. The predicted molar refractivity (Wildman–Crippen MR) is 94.5 cm³/mol. The molecule has 3 rings (SSSR count). The van der Waals surface area contributed by atoms with Gasteiger partial charge in [-0.2, -0.15) is 0 Å². The van der Waals surface area contributed by atoms with Gasteiger partial charge in [0.25, 0.3) is 0 Å². The zero-order valence-corrected chi connectivity index (χ0v) is 15.0. The van der Waals surface area contributed by atoms with Crippen molar-refractivity contribution in [3.63, 3.8) is 0 Å². The van der Waals surface area contributed by atoms with Crippen LogP contribution in [0.5, 0.6) is 0 Å². The minimum absolute atomic E-state index is 0.0189. The number of benzene rings is 2. The molecule has 2 aromatic carbocycles. The molecule has 0 fully saturated rings. The standard InChI is InChI=1S/C19H19NO4S/c1-3-4-12-20(2)25(23,24)16-11-7-10-15-17(16)19(22)14-9-6-5-8-13(14)18(15)21/h5-11H,3-4,12H2,1-2H3. The summed E-state index contributed by atoms with van der Waals surface area (Å²) in [6, 6.07) is 10.9. The van der Waals surface area contributed by atoms with E-state index in [4.69, 9.17) is 0 Å². The van der Waals surface area contributed by atoms with E-state index >= 15 is 0 Å². The molecule has 1 aliphatic carbocycles. The van der Waals surface area contributed by atoms with E-state index in [0.29, 0.717) is 12.1 Å². The number of rotatable bonds is 5. The normalized spacial score (nSPS) is 13.7. The number of hydrogen-bond donors (Lipinski definition) is 0. The molecule has 0 aromatic heterocycles. The van der Waals surface area contributed by atoms with Crippen LogP contribution in [-0.4, -0.2) is 37.9 Å². The van der Waals surface area contributed by atoms with Gasteiger partial charge in [-0.05, 0) is 12.5 Å². The van der Waals surface area contributed by atoms with Crippen molar-refractivity contribution in [3.05, 3.63) is 64.7 Å². The molecule has 0 bridgehead atoms. The Kier molecular flexibility index (Phi) is 4.58. The van der Waals surface area contributed by atoms with Crippen LogP contribution in [0.1, 0.15) is 51.6 Å². The molecule has 0 radical (unpaired) electrons. The Morgan fingerprint density at radius 3 is 2.12 bits per heavy atom. The third kappa shape index (κ3) is 2.81. The summed E-state index contributed by atoms with van der Waals surface area (Å²) in [5, 5.41) is 0. The van der Waals surface area contributed by atoms with Gasteiger partial charge in [0, 0.05) is 30.3 Å². The van der Waals surface area contributed by atoms with E-state index in [0.717, 1.165) is 12.8 Å². The summed E-state index contributed by atoms with van der Waals surface area (Å²) in [6.07, 6.45) is 1.58. The lowest BCUT2D eigenvalue weighted by molar-refractivity contribution is 0.0976.